The van der Waals surface area contributed by atoms with Gasteiger partial charge in [0.2, 0.25) is 10.0 Å². The Hall–Kier alpha value is -2.39. The largest absolute Gasteiger partial charge is 0.396 e. The van der Waals surface area contributed by atoms with Gasteiger partial charge < -0.3 is 11.1 Å². The second kappa shape index (κ2) is 4.94. The van der Waals surface area contributed by atoms with Crippen LogP contribution in [0.3, 0.4) is 0 Å². The summed E-state index contributed by atoms with van der Waals surface area (Å²) >= 11 is 0. The van der Waals surface area contributed by atoms with Gasteiger partial charge in [-0.2, -0.15) is 5.10 Å². The van der Waals surface area contributed by atoms with Crippen molar-refractivity contribution in [3.8, 4) is 0 Å². The minimum Gasteiger partial charge on any atom is -0.396 e. The number of amides is 1. The Labute approximate surface area is 115 Å². The van der Waals surface area contributed by atoms with Crippen LogP contribution in [0.4, 0.5) is 11.4 Å². The van der Waals surface area contributed by atoms with E-state index in [-0.39, 0.29) is 22.0 Å². The molecule has 8 nitrogen and oxygen atoms in total. The summed E-state index contributed by atoms with van der Waals surface area (Å²) in [6, 6.07) is 5.59. The molecular formula is C11H13N5O3S. The van der Waals surface area contributed by atoms with Crippen molar-refractivity contribution in [1.29, 1.82) is 0 Å². The Morgan fingerprint density at radius 3 is 2.65 bits per heavy atom. The third kappa shape index (κ3) is 2.95. The minimum absolute atomic E-state index is 0.0634. The first-order chi connectivity index (χ1) is 9.27. The number of aryl methyl sites for hydroxylation is 1. The zero-order chi connectivity index (χ0) is 14.9. The number of hydrogen-bond donors (Lipinski definition) is 3. The van der Waals surface area contributed by atoms with Gasteiger partial charge in [0.25, 0.3) is 5.91 Å². The number of rotatable bonds is 3. The molecule has 0 saturated heterocycles. The first-order valence-electron chi connectivity index (χ1n) is 5.51. The second-order valence-corrected chi connectivity index (χ2v) is 5.70. The normalized spacial score (nSPS) is 11.3. The van der Waals surface area contributed by atoms with Crippen LogP contribution in [-0.4, -0.2) is 24.1 Å². The number of benzene rings is 1. The minimum atomic E-state index is -3.83. The molecule has 5 N–H and O–H groups in total. The lowest BCUT2D eigenvalue weighted by Crippen LogP contribution is -2.16. The molecule has 20 heavy (non-hydrogen) atoms. The first kappa shape index (κ1) is 14.0. The summed E-state index contributed by atoms with van der Waals surface area (Å²) in [5.74, 6) is -0.533. The topological polar surface area (TPSA) is 133 Å². The van der Waals surface area contributed by atoms with Gasteiger partial charge in [0.1, 0.15) is 0 Å². The lowest BCUT2D eigenvalue weighted by atomic mass is 10.3. The third-order valence-corrected chi connectivity index (χ3v) is 3.40. The van der Waals surface area contributed by atoms with E-state index < -0.39 is 15.9 Å². The molecule has 1 aromatic carbocycles. The molecule has 0 aliphatic heterocycles. The standard InChI is InChI=1S/C11H13N5O3S/c1-16-6-9(12)10(15-16)11(17)14-7-3-2-4-8(5-7)20(13,18)19/h2-6H,12H2,1H3,(H,14,17)(H2,13,18,19). The molecule has 0 aliphatic carbocycles. The second-order valence-electron chi connectivity index (χ2n) is 4.13. The lowest BCUT2D eigenvalue weighted by Gasteiger charge is -2.05. The smallest absolute Gasteiger partial charge is 0.278 e. The van der Waals surface area contributed by atoms with Crippen LogP contribution < -0.4 is 16.2 Å². The maximum atomic E-state index is 12.0. The molecule has 0 atom stereocenters. The summed E-state index contributed by atoms with van der Waals surface area (Å²) in [5, 5.41) is 11.4. The molecule has 1 heterocycles. The number of sulfonamides is 1. The van der Waals surface area contributed by atoms with Crippen molar-refractivity contribution in [1.82, 2.24) is 9.78 Å². The average molecular weight is 295 g/mol. The molecule has 106 valence electrons. The SMILES string of the molecule is Cn1cc(N)c(C(=O)Nc2cccc(S(N)(=O)=O)c2)n1. The zero-order valence-corrected chi connectivity index (χ0v) is 11.4. The van der Waals surface area contributed by atoms with Gasteiger partial charge in [-0.25, -0.2) is 13.6 Å². The number of nitrogens with two attached hydrogens (primary N) is 2. The van der Waals surface area contributed by atoms with Crippen LogP contribution in [0.5, 0.6) is 0 Å². The van der Waals surface area contributed by atoms with Crippen LogP contribution in [0.1, 0.15) is 10.5 Å². The third-order valence-electron chi connectivity index (χ3n) is 2.49. The Kier molecular flexibility index (Phi) is 3.47. The summed E-state index contributed by atoms with van der Waals surface area (Å²) in [4.78, 5) is 11.9. The van der Waals surface area contributed by atoms with Gasteiger partial charge in [0.05, 0.1) is 10.6 Å². The van der Waals surface area contributed by atoms with Crippen LogP contribution in [0, 0.1) is 0 Å². The van der Waals surface area contributed by atoms with E-state index in [1.807, 2.05) is 0 Å². The van der Waals surface area contributed by atoms with Crippen LogP contribution in [0.25, 0.3) is 0 Å². The van der Waals surface area contributed by atoms with Gasteiger partial charge >= 0.3 is 0 Å². The summed E-state index contributed by atoms with van der Waals surface area (Å²) in [7, 11) is -2.19. The van der Waals surface area contributed by atoms with Crippen molar-refractivity contribution in [2.45, 2.75) is 4.90 Å². The average Bonchev–Trinajstić information content (AvgIpc) is 2.68. The monoisotopic (exact) mass is 295 g/mol. The van der Waals surface area contributed by atoms with Gasteiger partial charge in [-0.3, -0.25) is 9.48 Å². The Balaban J connectivity index is 2.27. The fourth-order valence-electron chi connectivity index (χ4n) is 1.62. The van der Waals surface area contributed by atoms with Gasteiger partial charge in [0, 0.05) is 18.9 Å². The van der Waals surface area contributed by atoms with Crippen molar-refractivity contribution in [2.75, 3.05) is 11.1 Å². The number of nitrogens with zero attached hydrogens (tertiary/aromatic N) is 2. The molecule has 1 aromatic heterocycles. The van der Waals surface area contributed by atoms with E-state index in [9.17, 15) is 13.2 Å². The van der Waals surface area contributed by atoms with Gasteiger partial charge in [-0.1, -0.05) is 6.07 Å². The lowest BCUT2D eigenvalue weighted by molar-refractivity contribution is 0.102. The molecule has 9 heteroatoms. The highest BCUT2D eigenvalue weighted by atomic mass is 32.2. The quantitative estimate of drug-likeness (QED) is 0.727. The number of carbonyl (C=O) groups excluding carboxylic acids is 1. The summed E-state index contributed by atoms with van der Waals surface area (Å²) in [6.45, 7) is 0. The molecule has 1 amide bonds. The zero-order valence-electron chi connectivity index (χ0n) is 10.6. The number of aromatic nitrogens is 2. The van der Waals surface area contributed by atoms with Gasteiger partial charge in [0.15, 0.2) is 5.69 Å². The summed E-state index contributed by atoms with van der Waals surface area (Å²) < 4.78 is 23.9. The summed E-state index contributed by atoms with van der Waals surface area (Å²) in [6.07, 6.45) is 1.50. The Bertz CT molecular complexity index is 766. The van der Waals surface area contributed by atoms with Crippen LogP contribution in [0.2, 0.25) is 0 Å². The fraction of sp³-hybridized carbons (Fsp3) is 0.0909. The van der Waals surface area contributed by atoms with E-state index in [2.05, 4.69) is 10.4 Å². The van der Waals surface area contributed by atoms with E-state index in [1.54, 1.807) is 7.05 Å². The molecule has 0 fully saturated rings. The molecule has 0 bridgehead atoms. The van der Waals surface area contributed by atoms with Crippen molar-refractivity contribution in [3.63, 3.8) is 0 Å². The van der Waals surface area contributed by atoms with Crippen LogP contribution in [0.15, 0.2) is 35.4 Å². The molecule has 0 unspecified atom stereocenters. The molecule has 0 radical (unpaired) electrons. The van der Waals surface area contributed by atoms with E-state index in [1.165, 1.54) is 35.1 Å². The molecule has 0 aliphatic rings. The van der Waals surface area contributed by atoms with Gasteiger partial charge in [-0.05, 0) is 18.2 Å². The van der Waals surface area contributed by atoms with E-state index in [0.29, 0.717) is 0 Å². The number of nitrogen functional groups attached to an aromatic ring is 1. The fourth-order valence-corrected chi connectivity index (χ4v) is 2.18. The number of hydrogen-bond acceptors (Lipinski definition) is 5. The number of anilines is 2. The Morgan fingerprint density at radius 1 is 1.40 bits per heavy atom. The number of nitrogens with one attached hydrogen (secondary N) is 1. The maximum absolute atomic E-state index is 12.0. The maximum Gasteiger partial charge on any atom is 0.278 e. The molecule has 2 aromatic rings. The van der Waals surface area contributed by atoms with E-state index in [0.717, 1.165) is 0 Å². The molecular weight excluding hydrogens is 282 g/mol. The van der Waals surface area contributed by atoms with Gasteiger partial charge in [-0.15, -0.1) is 0 Å². The predicted molar refractivity (Wildman–Crippen MR) is 73.4 cm³/mol. The van der Waals surface area contributed by atoms with Crippen molar-refractivity contribution < 1.29 is 13.2 Å². The van der Waals surface area contributed by atoms with Crippen molar-refractivity contribution in [2.24, 2.45) is 12.2 Å². The first-order valence-corrected chi connectivity index (χ1v) is 7.05. The highest BCUT2D eigenvalue weighted by Gasteiger charge is 2.15. The van der Waals surface area contributed by atoms with Crippen LogP contribution in [-0.2, 0) is 17.1 Å². The van der Waals surface area contributed by atoms with Crippen molar-refractivity contribution >= 4 is 27.3 Å². The Morgan fingerprint density at radius 2 is 2.10 bits per heavy atom. The molecule has 0 spiro atoms. The highest BCUT2D eigenvalue weighted by Crippen LogP contribution is 2.16. The van der Waals surface area contributed by atoms with Crippen LogP contribution >= 0.6 is 0 Å². The van der Waals surface area contributed by atoms with E-state index in [4.69, 9.17) is 10.9 Å². The van der Waals surface area contributed by atoms with E-state index >= 15 is 0 Å². The number of carbonyl (C=O) groups is 1. The molecule has 2 rings (SSSR count). The predicted octanol–water partition coefficient (Wildman–Crippen LogP) is -0.0980. The summed E-state index contributed by atoms with van der Waals surface area (Å²) in [5.41, 5.74) is 6.21. The highest BCUT2D eigenvalue weighted by molar-refractivity contribution is 7.89. The van der Waals surface area contributed by atoms with Crippen molar-refractivity contribution in [3.05, 3.63) is 36.2 Å². The number of primary sulfonamides is 1. The molecule has 0 saturated carbocycles.